The third kappa shape index (κ3) is 2.88. The van der Waals surface area contributed by atoms with Crippen LogP contribution in [0.4, 0.5) is 5.69 Å². The van der Waals surface area contributed by atoms with Crippen LogP contribution in [0.15, 0.2) is 30.5 Å². The first-order valence-corrected chi connectivity index (χ1v) is 6.46. The number of hydrogen-bond donors (Lipinski definition) is 1. The van der Waals surface area contributed by atoms with E-state index in [4.69, 9.17) is 9.84 Å². The average Bonchev–Trinajstić information content (AvgIpc) is 2.50. The maximum atomic E-state index is 11.8. The predicted octanol–water partition coefficient (Wildman–Crippen LogP) is 1.84. The summed E-state index contributed by atoms with van der Waals surface area (Å²) in [7, 11) is 3.32. The van der Waals surface area contributed by atoms with Crippen LogP contribution in [0, 0.1) is 0 Å². The summed E-state index contributed by atoms with van der Waals surface area (Å²) >= 11 is 0. The summed E-state index contributed by atoms with van der Waals surface area (Å²) in [6, 6.07) is 7.41. The van der Waals surface area contributed by atoms with E-state index in [0.717, 1.165) is 23.1 Å². The van der Waals surface area contributed by atoms with Gasteiger partial charge in [-0.1, -0.05) is 0 Å². The Balaban J connectivity index is 2.43. The molecule has 1 N–H and O–H groups in total. The van der Waals surface area contributed by atoms with Gasteiger partial charge in [-0.3, -0.25) is 4.98 Å². The number of methoxy groups -OCH3 is 1. The SMILES string of the molecule is COC(=O)c1ccnc2ccc(N(C)CCCO)cc12. The Hall–Kier alpha value is -2.14. The van der Waals surface area contributed by atoms with Gasteiger partial charge in [0.05, 0.1) is 18.2 Å². The molecule has 0 aliphatic heterocycles. The molecular weight excluding hydrogens is 256 g/mol. The zero-order valence-electron chi connectivity index (χ0n) is 11.7. The fourth-order valence-corrected chi connectivity index (χ4v) is 2.10. The van der Waals surface area contributed by atoms with Crippen LogP contribution in [0.3, 0.4) is 0 Å². The molecule has 0 fully saturated rings. The zero-order chi connectivity index (χ0) is 14.5. The quantitative estimate of drug-likeness (QED) is 0.843. The van der Waals surface area contributed by atoms with Crippen LogP contribution in [0.1, 0.15) is 16.8 Å². The Morgan fingerprint density at radius 1 is 1.40 bits per heavy atom. The molecule has 0 unspecified atom stereocenters. The van der Waals surface area contributed by atoms with Gasteiger partial charge in [-0.25, -0.2) is 4.79 Å². The highest BCUT2D eigenvalue weighted by atomic mass is 16.5. The van der Waals surface area contributed by atoms with E-state index in [1.165, 1.54) is 7.11 Å². The highest BCUT2D eigenvalue weighted by Gasteiger charge is 2.12. The van der Waals surface area contributed by atoms with Gasteiger partial charge < -0.3 is 14.7 Å². The highest BCUT2D eigenvalue weighted by molar-refractivity contribution is 6.04. The van der Waals surface area contributed by atoms with Crippen LogP contribution in [0.5, 0.6) is 0 Å². The van der Waals surface area contributed by atoms with E-state index in [1.807, 2.05) is 30.1 Å². The Morgan fingerprint density at radius 2 is 2.20 bits per heavy atom. The van der Waals surface area contributed by atoms with Gasteiger partial charge in [0.15, 0.2) is 0 Å². The van der Waals surface area contributed by atoms with Gasteiger partial charge in [0.25, 0.3) is 0 Å². The van der Waals surface area contributed by atoms with E-state index in [-0.39, 0.29) is 12.6 Å². The van der Waals surface area contributed by atoms with Crippen molar-refractivity contribution in [3.05, 3.63) is 36.0 Å². The lowest BCUT2D eigenvalue weighted by atomic mass is 10.1. The molecule has 2 rings (SSSR count). The Morgan fingerprint density at radius 3 is 2.90 bits per heavy atom. The van der Waals surface area contributed by atoms with Crippen LogP contribution < -0.4 is 4.90 Å². The van der Waals surface area contributed by atoms with Gasteiger partial charge in [0.2, 0.25) is 0 Å². The minimum atomic E-state index is -0.368. The highest BCUT2D eigenvalue weighted by Crippen LogP contribution is 2.23. The van der Waals surface area contributed by atoms with E-state index in [0.29, 0.717) is 12.0 Å². The van der Waals surface area contributed by atoms with Gasteiger partial charge in [-0.05, 0) is 30.7 Å². The molecule has 1 aromatic heterocycles. The molecule has 20 heavy (non-hydrogen) atoms. The number of rotatable bonds is 5. The minimum Gasteiger partial charge on any atom is -0.465 e. The number of esters is 1. The summed E-state index contributed by atoms with van der Waals surface area (Å²) in [5, 5.41) is 9.66. The number of aliphatic hydroxyl groups is 1. The lowest BCUT2D eigenvalue weighted by Crippen LogP contribution is -2.19. The number of benzene rings is 1. The topological polar surface area (TPSA) is 62.7 Å². The minimum absolute atomic E-state index is 0.160. The first-order chi connectivity index (χ1) is 9.67. The number of nitrogens with zero attached hydrogens (tertiary/aromatic N) is 2. The van der Waals surface area contributed by atoms with Crippen molar-refractivity contribution in [1.29, 1.82) is 0 Å². The smallest absolute Gasteiger partial charge is 0.338 e. The number of ether oxygens (including phenoxy) is 1. The van der Waals surface area contributed by atoms with Crippen molar-refractivity contribution in [2.45, 2.75) is 6.42 Å². The second-order valence-corrected chi connectivity index (χ2v) is 4.55. The number of anilines is 1. The van der Waals surface area contributed by atoms with Crippen molar-refractivity contribution in [3.63, 3.8) is 0 Å². The summed E-state index contributed by atoms with van der Waals surface area (Å²) in [5.41, 5.74) is 2.24. The number of carbonyl (C=O) groups excluding carboxylic acids is 1. The molecule has 0 atom stereocenters. The zero-order valence-corrected chi connectivity index (χ0v) is 11.7. The van der Waals surface area contributed by atoms with E-state index in [2.05, 4.69) is 4.98 Å². The van der Waals surface area contributed by atoms with Crippen LogP contribution in [0.25, 0.3) is 10.9 Å². The molecule has 5 nitrogen and oxygen atoms in total. The number of aliphatic hydroxyl groups excluding tert-OH is 1. The largest absolute Gasteiger partial charge is 0.465 e. The second-order valence-electron chi connectivity index (χ2n) is 4.55. The van der Waals surface area contributed by atoms with Crippen molar-refractivity contribution in [2.75, 3.05) is 32.2 Å². The second kappa shape index (κ2) is 6.34. The molecule has 0 spiro atoms. The lowest BCUT2D eigenvalue weighted by molar-refractivity contribution is 0.0603. The van der Waals surface area contributed by atoms with Gasteiger partial charge in [-0.15, -0.1) is 0 Å². The normalized spacial score (nSPS) is 10.6. The summed E-state index contributed by atoms with van der Waals surface area (Å²) in [4.78, 5) is 18.1. The summed E-state index contributed by atoms with van der Waals surface area (Å²) in [6.45, 7) is 0.905. The van der Waals surface area contributed by atoms with Gasteiger partial charge in [0, 0.05) is 37.5 Å². The number of carbonyl (C=O) groups is 1. The molecule has 0 amide bonds. The number of pyridine rings is 1. The Bertz CT molecular complexity index is 613. The fraction of sp³-hybridized carbons (Fsp3) is 0.333. The van der Waals surface area contributed by atoms with E-state index < -0.39 is 0 Å². The molecule has 1 aromatic carbocycles. The van der Waals surface area contributed by atoms with Crippen molar-refractivity contribution in [3.8, 4) is 0 Å². The third-order valence-electron chi connectivity index (χ3n) is 3.22. The third-order valence-corrected chi connectivity index (χ3v) is 3.22. The molecule has 2 aromatic rings. The molecular formula is C15H18N2O3. The lowest BCUT2D eigenvalue weighted by Gasteiger charge is -2.19. The first kappa shape index (κ1) is 14.3. The molecule has 5 heteroatoms. The van der Waals surface area contributed by atoms with Crippen molar-refractivity contribution in [2.24, 2.45) is 0 Å². The fourth-order valence-electron chi connectivity index (χ4n) is 2.10. The molecule has 0 saturated carbocycles. The monoisotopic (exact) mass is 274 g/mol. The van der Waals surface area contributed by atoms with E-state index >= 15 is 0 Å². The van der Waals surface area contributed by atoms with E-state index in [9.17, 15) is 4.79 Å². The van der Waals surface area contributed by atoms with Crippen molar-refractivity contribution in [1.82, 2.24) is 4.98 Å². The van der Waals surface area contributed by atoms with Crippen LogP contribution >= 0.6 is 0 Å². The molecule has 0 aliphatic rings. The summed E-state index contributed by atoms with van der Waals surface area (Å²) in [6.07, 6.45) is 2.30. The molecule has 106 valence electrons. The van der Waals surface area contributed by atoms with Crippen LogP contribution in [-0.4, -0.2) is 43.4 Å². The Labute approximate surface area is 117 Å². The van der Waals surface area contributed by atoms with E-state index in [1.54, 1.807) is 12.3 Å². The van der Waals surface area contributed by atoms with Gasteiger partial charge >= 0.3 is 5.97 Å². The average molecular weight is 274 g/mol. The molecule has 0 bridgehead atoms. The number of aromatic nitrogens is 1. The molecule has 0 aliphatic carbocycles. The van der Waals surface area contributed by atoms with Crippen molar-refractivity contribution < 1.29 is 14.6 Å². The van der Waals surface area contributed by atoms with Gasteiger partial charge in [-0.2, -0.15) is 0 Å². The van der Waals surface area contributed by atoms with Gasteiger partial charge in [0.1, 0.15) is 0 Å². The predicted molar refractivity (Wildman–Crippen MR) is 78.1 cm³/mol. The number of hydrogen-bond acceptors (Lipinski definition) is 5. The maximum absolute atomic E-state index is 11.8. The van der Waals surface area contributed by atoms with Crippen LogP contribution in [0.2, 0.25) is 0 Å². The number of fused-ring (bicyclic) bond motifs is 1. The molecule has 0 radical (unpaired) electrons. The van der Waals surface area contributed by atoms with Crippen molar-refractivity contribution >= 4 is 22.6 Å². The van der Waals surface area contributed by atoms with Crippen LogP contribution in [-0.2, 0) is 4.74 Å². The standard InChI is InChI=1S/C15H18N2O3/c1-17(8-3-9-18)11-4-5-14-13(10-11)12(6-7-16-14)15(19)20-2/h4-7,10,18H,3,8-9H2,1-2H3. The first-order valence-electron chi connectivity index (χ1n) is 6.46. The molecule has 0 saturated heterocycles. The summed E-state index contributed by atoms with van der Waals surface area (Å²) < 4.78 is 4.80. The molecule has 1 heterocycles. The summed E-state index contributed by atoms with van der Waals surface area (Å²) in [5.74, 6) is -0.368. The maximum Gasteiger partial charge on any atom is 0.338 e. The Kier molecular flexibility index (Phi) is 4.53.